The standard InChI is InChI=1S/C23H21ClN4O2/c1-15-21(16(2)28(27-15)14-17-6-4-5-7-22(17)24)12-18(13-25)23(29)26-19-8-10-20(30-3)11-9-19/h4-12H,14H2,1-3H3,(H,26,29). The molecule has 0 spiro atoms. The molecule has 152 valence electrons. The van der Waals surface area contributed by atoms with E-state index in [1.165, 1.54) is 0 Å². The number of hydrogen-bond donors (Lipinski definition) is 1. The number of benzene rings is 2. The van der Waals surface area contributed by atoms with Gasteiger partial charge in [-0.2, -0.15) is 10.4 Å². The molecular formula is C23H21ClN4O2. The smallest absolute Gasteiger partial charge is 0.266 e. The molecule has 3 aromatic rings. The summed E-state index contributed by atoms with van der Waals surface area (Å²) in [4.78, 5) is 12.6. The van der Waals surface area contributed by atoms with Crippen molar-refractivity contribution in [3.8, 4) is 11.8 Å². The fourth-order valence-electron chi connectivity index (χ4n) is 3.03. The Hall–Kier alpha value is -3.56. The first-order valence-electron chi connectivity index (χ1n) is 9.27. The number of methoxy groups -OCH3 is 1. The predicted molar refractivity (Wildman–Crippen MR) is 117 cm³/mol. The highest BCUT2D eigenvalue weighted by atomic mass is 35.5. The third-order valence-electron chi connectivity index (χ3n) is 4.72. The van der Waals surface area contributed by atoms with Gasteiger partial charge in [-0.25, -0.2) is 0 Å². The maximum Gasteiger partial charge on any atom is 0.266 e. The van der Waals surface area contributed by atoms with Crippen LogP contribution in [0.5, 0.6) is 5.75 Å². The lowest BCUT2D eigenvalue weighted by Gasteiger charge is -2.07. The Morgan fingerprint density at radius 1 is 1.23 bits per heavy atom. The predicted octanol–water partition coefficient (Wildman–Crippen LogP) is 4.76. The Kier molecular flexibility index (Phi) is 6.55. The molecule has 6 nitrogen and oxygen atoms in total. The van der Waals surface area contributed by atoms with E-state index >= 15 is 0 Å². The largest absolute Gasteiger partial charge is 0.497 e. The third kappa shape index (κ3) is 4.70. The van der Waals surface area contributed by atoms with Gasteiger partial charge in [0.05, 0.1) is 19.3 Å². The minimum atomic E-state index is -0.486. The van der Waals surface area contributed by atoms with Crippen molar-refractivity contribution in [3.05, 3.63) is 81.6 Å². The lowest BCUT2D eigenvalue weighted by Crippen LogP contribution is -2.13. The summed E-state index contributed by atoms with van der Waals surface area (Å²) in [5.74, 6) is 0.196. The van der Waals surface area contributed by atoms with Crippen molar-refractivity contribution >= 4 is 29.3 Å². The first kappa shape index (κ1) is 21.2. The molecule has 2 aromatic carbocycles. The summed E-state index contributed by atoms with van der Waals surface area (Å²) in [5, 5.41) is 17.5. The molecular weight excluding hydrogens is 400 g/mol. The monoisotopic (exact) mass is 420 g/mol. The molecule has 0 unspecified atom stereocenters. The number of ether oxygens (including phenoxy) is 1. The van der Waals surface area contributed by atoms with Crippen LogP contribution in [0, 0.1) is 25.2 Å². The van der Waals surface area contributed by atoms with E-state index in [2.05, 4.69) is 10.4 Å². The highest BCUT2D eigenvalue weighted by Gasteiger charge is 2.15. The van der Waals surface area contributed by atoms with E-state index in [9.17, 15) is 10.1 Å². The quantitative estimate of drug-likeness (QED) is 0.460. The molecule has 0 aliphatic heterocycles. The number of amides is 1. The zero-order valence-corrected chi connectivity index (χ0v) is 17.7. The van der Waals surface area contributed by atoms with Crippen molar-refractivity contribution in [2.75, 3.05) is 12.4 Å². The molecule has 0 saturated heterocycles. The number of halogens is 1. The third-order valence-corrected chi connectivity index (χ3v) is 5.09. The Balaban J connectivity index is 1.84. The molecule has 3 rings (SSSR count). The first-order valence-corrected chi connectivity index (χ1v) is 9.65. The molecule has 0 radical (unpaired) electrons. The zero-order chi connectivity index (χ0) is 21.7. The first-order chi connectivity index (χ1) is 14.4. The minimum absolute atomic E-state index is 0.00527. The molecule has 0 fully saturated rings. The van der Waals surface area contributed by atoms with Gasteiger partial charge in [0.15, 0.2) is 0 Å². The van der Waals surface area contributed by atoms with Crippen LogP contribution in [0.2, 0.25) is 5.02 Å². The van der Waals surface area contributed by atoms with Gasteiger partial charge in [0.1, 0.15) is 17.4 Å². The highest BCUT2D eigenvalue weighted by Crippen LogP contribution is 2.22. The summed E-state index contributed by atoms with van der Waals surface area (Å²) < 4.78 is 6.92. The maximum atomic E-state index is 12.6. The number of aromatic nitrogens is 2. The molecule has 1 heterocycles. The van der Waals surface area contributed by atoms with Gasteiger partial charge < -0.3 is 10.1 Å². The molecule has 1 aromatic heterocycles. The van der Waals surface area contributed by atoms with E-state index in [0.717, 1.165) is 22.5 Å². The number of nitrogens with one attached hydrogen (secondary N) is 1. The van der Waals surface area contributed by atoms with E-state index in [1.54, 1.807) is 37.5 Å². The van der Waals surface area contributed by atoms with Gasteiger partial charge in [-0.15, -0.1) is 0 Å². The molecule has 0 atom stereocenters. The second kappa shape index (κ2) is 9.29. The zero-order valence-electron chi connectivity index (χ0n) is 16.9. The Morgan fingerprint density at radius 2 is 1.93 bits per heavy atom. The van der Waals surface area contributed by atoms with Crippen LogP contribution in [0.3, 0.4) is 0 Å². The van der Waals surface area contributed by atoms with E-state index in [4.69, 9.17) is 16.3 Å². The van der Waals surface area contributed by atoms with Crippen LogP contribution < -0.4 is 10.1 Å². The van der Waals surface area contributed by atoms with E-state index in [-0.39, 0.29) is 5.57 Å². The molecule has 0 aliphatic rings. The molecule has 7 heteroatoms. The van der Waals surface area contributed by atoms with Gasteiger partial charge in [0, 0.05) is 22.0 Å². The molecule has 1 N–H and O–H groups in total. The van der Waals surface area contributed by atoms with Gasteiger partial charge in [-0.05, 0) is 55.8 Å². The van der Waals surface area contributed by atoms with Crippen LogP contribution in [-0.4, -0.2) is 22.8 Å². The second-order valence-electron chi connectivity index (χ2n) is 6.69. The summed E-state index contributed by atoms with van der Waals surface area (Å²) in [6, 6.07) is 16.4. The lowest BCUT2D eigenvalue weighted by atomic mass is 10.1. The van der Waals surface area contributed by atoms with Crippen molar-refractivity contribution < 1.29 is 9.53 Å². The van der Waals surface area contributed by atoms with Crippen molar-refractivity contribution in [3.63, 3.8) is 0 Å². The fraction of sp³-hybridized carbons (Fsp3) is 0.174. The minimum Gasteiger partial charge on any atom is -0.497 e. The van der Waals surface area contributed by atoms with Crippen molar-refractivity contribution in [2.24, 2.45) is 0 Å². The fourth-order valence-corrected chi connectivity index (χ4v) is 3.22. The van der Waals surface area contributed by atoms with Crippen LogP contribution in [0.1, 0.15) is 22.5 Å². The number of carbonyl (C=O) groups excluding carboxylic acids is 1. The Labute approximate surface area is 180 Å². The Bertz CT molecular complexity index is 1140. The number of nitriles is 1. The molecule has 30 heavy (non-hydrogen) atoms. The van der Waals surface area contributed by atoms with Gasteiger partial charge in [0.25, 0.3) is 5.91 Å². The van der Waals surface area contributed by atoms with Crippen molar-refractivity contribution in [2.45, 2.75) is 20.4 Å². The van der Waals surface area contributed by atoms with Crippen LogP contribution >= 0.6 is 11.6 Å². The maximum absolute atomic E-state index is 12.6. The normalized spacial score (nSPS) is 11.1. The van der Waals surface area contributed by atoms with Gasteiger partial charge >= 0.3 is 0 Å². The number of nitrogens with zero attached hydrogens (tertiary/aromatic N) is 3. The summed E-state index contributed by atoms with van der Waals surface area (Å²) in [7, 11) is 1.57. The van der Waals surface area contributed by atoms with Gasteiger partial charge in [-0.1, -0.05) is 29.8 Å². The van der Waals surface area contributed by atoms with Crippen molar-refractivity contribution in [1.82, 2.24) is 9.78 Å². The molecule has 1 amide bonds. The van der Waals surface area contributed by atoms with E-state index in [1.807, 2.05) is 48.9 Å². The van der Waals surface area contributed by atoms with Gasteiger partial charge in [0.2, 0.25) is 0 Å². The van der Waals surface area contributed by atoms with Crippen LogP contribution in [-0.2, 0) is 11.3 Å². The van der Waals surface area contributed by atoms with Gasteiger partial charge in [-0.3, -0.25) is 9.48 Å². The van der Waals surface area contributed by atoms with Crippen molar-refractivity contribution in [1.29, 1.82) is 5.26 Å². The average Bonchev–Trinajstić information content (AvgIpc) is 3.01. The summed E-state index contributed by atoms with van der Waals surface area (Å²) in [6.45, 7) is 4.25. The SMILES string of the molecule is COc1ccc(NC(=O)C(C#N)=Cc2c(C)nn(Cc3ccccc3Cl)c2C)cc1. The Morgan fingerprint density at radius 3 is 2.57 bits per heavy atom. The van der Waals surface area contributed by atoms with Crippen LogP contribution in [0.4, 0.5) is 5.69 Å². The molecule has 0 bridgehead atoms. The second-order valence-corrected chi connectivity index (χ2v) is 7.09. The number of anilines is 1. The summed E-state index contributed by atoms with van der Waals surface area (Å²) >= 11 is 6.26. The van der Waals surface area contributed by atoms with Crippen LogP contribution in [0.15, 0.2) is 54.1 Å². The molecule has 0 aliphatic carbocycles. The van der Waals surface area contributed by atoms with E-state index in [0.29, 0.717) is 23.0 Å². The lowest BCUT2D eigenvalue weighted by molar-refractivity contribution is -0.112. The number of carbonyl (C=O) groups is 1. The number of rotatable bonds is 6. The van der Waals surface area contributed by atoms with E-state index < -0.39 is 5.91 Å². The summed E-state index contributed by atoms with van der Waals surface area (Å²) in [5.41, 5.74) is 3.82. The summed E-state index contributed by atoms with van der Waals surface area (Å²) in [6.07, 6.45) is 1.57. The average molecular weight is 421 g/mol. The molecule has 0 saturated carbocycles. The topological polar surface area (TPSA) is 79.9 Å². The highest BCUT2D eigenvalue weighted by molar-refractivity contribution is 6.31. The number of hydrogen-bond acceptors (Lipinski definition) is 4. The number of aryl methyl sites for hydroxylation is 1. The van der Waals surface area contributed by atoms with Crippen LogP contribution in [0.25, 0.3) is 6.08 Å².